The fraction of sp³-hybridized carbons (Fsp3) is 0.611. The lowest BCUT2D eigenvalue weighted by Gasteiger charge is -2.36. The summed E-state index contributed by atoms with van der Waals surface area (Å²) < 4.78 is 0.959. The zero-order chi connectivity index (χ0) is 15.6. The van der Waals surface area contributed by atoms with Gasteiger partial charge in [0.05, 0.1) is 5.69 Å². The Morgan fingerprint density at radius 1 is 1.33 bits per heavy atom. The van der Waals surface area contributed by atoms with E-state index in [0.717, 1.165) is 16.6 Å². The van der Waals surface area contributed by atoms with Crippen LogP contribution in [0.15, 0.2) is 22.7 Å². The highest BCUT2D eigenvalue weighted by Crippen LogP contribution is 2.39. The largest absolute Gasteiger partial charge is 0.325 e. The zero-order valence-corrected chi connectivity index (χ0v) is 15.0. The molecule has 3 heteroatoms. The lowest BCUT2D eigenvalue weighted by atomic mass is 9.70. The zero-order valence-electron chi connectivity index (χ0n) is 13.4. The third-order valence-corrected chi connectivity index (χ3v) is 5.40. The highest BCUT2D eigenvalue weighted by atomic mass is 79.9. The van der Waals surface area contributed by atoms with Crippen molar-refractivity contribution in [2.45, 2.75) is 47.0 Å². The van der Waals surface area contributed by atoms with Crippen LogP contribution in [0, 0.1) is 30.6 Å². The number of carbonyl (C=O) groups is 1. The Bertz CT molecular complexity index is 512. The van der Waals surface area contributed by atoms with E-state index in [1.807, 2.05) is 25.1 Å². The van der Waals surface area contributed by atoms with Gasteiger partial charge >= 0.3 is 0 Å². The van der Waals surface area contributed by atoms with Crippen molar-refractivity contribution < 1.29 is 4.79 Å². The van der Waals surface area contributed by atoms with Crippen molar-refractivity contribution in [3.8, 4) is 0 Å². The molecule has 2 nitrogen and oxygen atoms in total. The van der Waals surface area contributed by atoms with Crippen LogP contribution in [0.3, 0.4) is 0 Å². The molecule has 1 aromatic rings. The molecule has 0 saturated heterocycles. The summed E-state index contributed by atoms with van der Waals surface area (Å²) in [7, 11) is 0. The smallest absolute Gasteiger partial charge is 0.227 e. The van der Waals surface area contributed by atoms with Gasteiger partial charge in [-0.3, -0.25) is 4.79 Å². The van der Waals surface area contributed by atoms with Crippen LogP contribution in [-0.2, 0) is 4.79 Å². The quantitative estimate of drug-likeness (QED) is 0.775. The third kappa shape index (κ3) is 4.09. The number of halogens is 1. The van der Waals surface area contributed by atoms with Crippen molar-refractivity contribution in [1.82, 2.24) is 0 Å². The molecule has 0 aliphatic heterocycles. The van der Waals surface area contributed by atoms with Gasteiger partial charge in [0.2, 0.25) is 5.91 Å². The number of nitrogens with one attached hydrogen (secondary N) is 1. The molecular formula is C18H26BrNO. The second-order valence-corrected chi connectivity index (χ2v) is 7.76. The lowest BCUT2D eigenvalue weighted by molar-refractivity contribution is -0.124. The molecule has 0 unspecified atom stereocenters. The molecule has 1 aromatic carbocycles. The van der Waals surface area contributed by atoms with Crippen molar-refractivity contribution >= 4 is 27.5 Å². The number of amides is 1. The molecule has 0 aromatic heterocycles. The van der Waals surface area contributed by atoms with E-state index in [0.29, 0.717) is 17.8 Å². The van der Waals surface area contributed by atoms with Crippen LogP contribution < -0.4 is 5.32 Å². The molecule has 1 amide bonds. The van der Waals surface area contributed by atoms with E-state index >= 15 is 0 Å². The maximum absolute atomic E-state index is 12.7. The van der Waals surface area contributed by atoms with Crippen molar-refractivity contribution in [3.05, 3.63) is 28.2 Å². The van der Waals surface area contributed by atoms with Gasteiger partial charge in [-0.05, 0) is 71.1 Å². The molecule has 21 heavy (non-hydrogen) atoms. The predicted octanol–water partition coefficient (Wildman–Crippen LogP) is 5.40. The summed E-state index contributed by atoms with van der Waals surface area (Å²) >= 11 is 3.54. The summed E-state index contributed by atoms with van der Waals surface area (Å²) in [6, 6.07) is 6.05. The minimum absolute atomic E-state index is 0.141. The van der Waals surface area contributed by atoms with E-state index in [-0.39, 0.29) is 11.8 Å². The average Bonchev–Trinajstić information content (AvgIpc) is 2.41. The first kappa shape index (κ1) is 16.5. The molecule has 1 aliphatic rings. The topological polar surface area (TPSA) is 29.1 Å². The van der Waals surface area contributed by atoms with Crippen molar-refractivity contribution in [2.75, 3.05) is 5.32 Å². The van der Waals surface area contributed by atoms with Gasteiger partial charge < -0.3 is 5.32 Å². The summed E-state index contributed by atoms with van der Waals surface area (Å²) in [5, 5.41) is 3.13. The number of carbonyl (C=O) groups excluding carboxylic acids is 1. The fourth-order valence-electron chi connectivity index (χ4n) is 3.45. The number of hydrogen-bond acceptors (Lipinski definition) is 1. The normalized spacial score (nSPS) is 25.9. The monoisotopic (exact) mass is 351 g/mol. The van der Waals surface area contributed by atoms with Crippen LogP contribution in [0.25, 0.3) is 0 Å². The third-order valence-electron chi connectivity index (χ3n) is 4.74. The minimum atomic E-state index is 0.141. The van der Waals surface area contributed by atoms with E-state index in [2.05, 4.69) is 42.0 Å². The fourth-order valence-corrected chi connectivity index (χ4v) is 4.04. The Hall–Kier alpha value is -0.830. The Labute approximate surface area is 136 Å². The van der Waals surface area contributed by atoms with Crippen LogP contribution in [0.1, 0.15) is 45.6 Å². The number of aryl methyl sites for hydroxylation is 1. The SMILES string of the molecule is Cc1ccc(NC(=O)[C@@H]2C[C@H](C)CC[C@H]2C(C)C)c(Br)c1. The summed E-state index contributed by atoms with van der Waals surface area (Å²) in [6.07, 6.45) is 3.44. The highest BCUT2D eigenvalue weighted by Gasteiger charge is 2.35. The van der Waals surface area contributed by atoms with Crippen LogP contribution in [0.5, 0.6) is 0 Å². The molecule has 0 bridgehead atoms. The first-order chi connectivity index (χ1) is 9.88. The number of anilines is 1. The van der Waals surface area contributed by atoms with Gasteiger partial charge in [-0.1, -0.05) is 33.3 Å². The van der Waals surface area contributed by atoms with Crippen molar-refractivity contribution in [2.24, 2.45) is 23.7 Å². The minimum Gasteiger partial charge on any atom is -0.325 e. The standard InChI is InChI=1S/C18H26BrNO/c1-11(2)14-7-5-12(3)9-15(14)18(21)20-17-8-6-13(4)10-16(17)19/h6,8,10-12,14-15H,5,7,9H2,1-4H3,(H,20,21)/t12-,14+,15-/m1/s1. The second kappa shape index (κ2) is 6.95. The molecule has 3 atom stereocenters. The van der Waals surface area contributed by atoms with E-state index in [9.17, 15) is 4.79 Å². The van der Waals surface area contributed by atoms with Crippen LogP contribution in [-0.4, -0.2) is 5.91 Å². The van der Waals surface area contributed by atoms with E-state index in [1.165, 1.54) is 18.4 Å². The van der Waals surface area contributed by atoms with E-state index < -0.39 is 0 Å². The Kier molecular flexibility index (Phi) is 5.48. The van der Waals surface area contributed by atoms with Gasteiger partial charge in [0.25, 0.3) is 0 Å². The van der Waals surface area contributed by atoms with Gasteiger partial charge in [-0.2, -0.15) is 0 Å². The van der Waals surface area contributed by atoms with E-state index in [4.69, 9.17) is 0 Å². The van der Waals surface area contributed by atoms with Crippen LogP contribution >= 0.6 is 15.9 Å². The summed E-state index contributed by atoms with van der Waals surface area (Å²) in [6.45, 7) is 8.79. The molecule has 116 valence electrons. The molecule has 1 saturated carbocycles. The summed E-state index contributed by atoms with van der Waals surface area (Å²) in [5.41, 5.74) is 2.07. The first-order valence-corrected chi connectivity index (χ1v) is 8.74. The Balaban J connectivity index is 2.13. The number of rotatable bonds is 3. The first-order valence-electron chi connectivity index (χ1n) is 7.95. The van der Waals surface area contributed by atoms with Gasteiger partial charge in [-0.25, -0.2) is 0 Å². The van der Waals surface area contributed by atoms with Gasteiger partial charge in [0.1, 0.15) is 0 Å². The second-order valence-electron chi connectivity index (χ2n) is 6.91. The molecule has 0 radical (unpaired) electrons. The van der Waals surface area contributed by atoms with Crippen molar-refractivity contribution in [1.29, 1.82) is 0 Å². The van der Waals surface area contributed by atoms with Gasteiger partial charge in [-0.15, -0.1) is 0 Å². The maximum atomic E-state index is 12.7. The van der Waals surface area contributed by atoms with E-state index in [1.54, 1.807) is 0 Å². The summed E-state index contributed by atoms with van der Waals surface area (Å²) in [4.78, 5) is 12.7. The summed E-state index contributed by atoms with van der Waals surface area (Å²) in [5.74, 6) is 2.05. The maximum Gasteiger partial charge on any atom is 0.227 e. The molecule has 1 N–H and O–H groups in total. The average molecular weight is 352 g/mol. The van der Waals surface area contributed by atoms with Crippen LogP contribution in [0.4, 0.5) is 5.69 Å². The molecule has 1 fully saturated rings. The predicted molar refractivity (Wildman–Crippen MR) is 92.3 cm³/mol. The lowest BCUT2D eigenvalue weighted by Crippen LogP contribution is -2.36. The number of benzene rings is 1. The number of hydrogen-bond donors (Lipinski definition) is 1. The highest BCUT2D eigenvalue weighted by molar-refractivity contribution is 9.10. The molecule has 2 rings (SSSR count). The van der Waals surface area contributed by atoms with Crippen LogP contribution in [0.2, 0.25) is 0 Å². The molecule has 0 spiro atoms. The molecule has 1 aliphatic carbocycles. The Morgan fingerprint density at radius 2 is 2.05 bits per heavy atom. The van der Waals surface area contributed by atoms with Gasteiger partial charge in [0, 0.05) is 10.4 Å². The van der Waals surface area contributed by atoms with Crippen molar-refractivity contribution in [3.63, 3.8) is 0 Å². The molecule has 0 heterocycles. The molecular weight excluding hydrogens is 326 g/mol. The Morgan fingerprint density at radius 3 is 2.67 bits per heavy atom. The van der Waals surface area contributed by atoms with Gasteiger partial charge in [0.15, 0.2) is 0 Å².